The summed E-state index contributed by atoms with van der Waals surface area (Å²) >= 11 is 0. The first-order valence-corrected chi connectivity index (χ1v) is 12.3. The Bertz CT molecular complexity index is 1660. The highest BCUT2D eigenvalue weighted by Gasteiger charge is 2.33. The van der Waals surface area contributed by atoms with Gasteiger partial charge in [-0.05, 0) is 68.1 Å². The van der Waals surface area contributed by atoms with E-state index in [1.54, 1.807) is 57.1 Å². The second kappa shape index (κ2) is 9.44. The summed E-state index contributed by atoms with van der Waals surface area (Å²) in [6.07, 6.45) is 2.17. The Morgan fingerprint density at radius 1 is 1.16 bits per heavy atom. The van der Waals surface area contributed by atoms with Crippen molar-refractivity contribution in [2.24, 2.45) is 4.99 Å². The average molecular weight is 518 g/mol. The molecule has 0 saturated heterocycles. The Balaban J connectivity index is 1.89. The van der Waals surface area contributed by atoms with Crippen LogP contribution in [0.25, 0.3) is 11.3 Å². The molecule has 0 bridgehead atoms. The molecule has 9 nitrogen and oxygen atoms in total. The molecule has 2 aliphatic rings. The van der Waals surface area contributed by atoms with E-state index in [0.717, 1.165) is 11.8 Å². The number of benzene rings is 2. The number of nitrogens with zero attached hydrogens (tertiary/aromatic N) is 4. The minimum Gasteiger partial charge on any atom is -0.515 e. The number of allylic oxidation sites excluding steroid dienone is 1. The molecule has 2 aromatic carbocycles. The molecular weight excluding hydrogens is 489 g/mol. The van der Waals surface area contributed by atoms with E-state index in [1.807, 2.05) is 0 Å². The van der Waals surface area contributed by atoms with Gasteiger partial charge in [0, 0.05) is 37.8 Å². The number of amides is 1. The molecule has 0 unspecified atom stereocenters. The van der Waals surface area contributed by atoms with Crippen LogP contribution in [0.15, 0.2) is 57.2 Å². The number of aliphatic hydroxyl groups excluding tert-OH is 1. The summed E-state index contributed by atoms with van der Waals surface area (Å²) in [5.74, 6) is -0.613. The first-order valence-electron chi connectivity index (χ1n) is 12.3. The number of rotatable bonds is 5. The number of hydrogen-bond acceptors (Lipinski definition) is 5. The lowest BCUT2D eigenvalue weighted by Gasteiger charge is -2.24. The Labute approximate surface area is 218 Å². The molecule has 1 aromatic heterocycles. The number of aliphatic hydroxyl groups is 1. The normalized spacial score (nSPS) is 15.4. The van der Waals surface area contributed by atoms with Crippen LogP contribution in [-0.4, -0.2) is 45.0 Å². The van der Waals surface area contributed by atoms with Gasteiger partial charge in [0.2, 0.25) is 0 Å². The molecule has 196 valence electrons. The molecule has 0 atom stereocenters. The lowest BCUT2D eigenvalue weighted by molar-refractivity contribution is 0.0965. The van der Waals surface area contributed by atoms with Crippen LogP contribution < -0.4 is 16.6 Å². The van der Waals surface area contributed by atoms with E-state index in [0.29, 0.717) is 36.2 Å². The Morgan fingerprint density at radius 2 is 1.89 bits per heavy atom. The van der Waals surface area contributed by atoms with Crippen LogP contribution in [0.4, 0.5) is 10.1 Å². The molecule has 1 amide bonds. The second-order valence-corrected chi connectivity index (χ2v) is 9.87. The maximum atomic E-state index is 14.9. The van der Waals surface area contributed by atoms with E-state index in [2.05, 4.69) is 10.3 Å². The van der Waals surface area contributed by atoms with E-state index >= 15 is 0 Å². The number of aryl methyl sites for hydroxylation is 1. The second-order valence-electron chi connectivity index (χ2n) is 9.87. The van der Waals surface area contributed by atoms with Gasteiger partial charge in [-0.25, -0.2) is 14.2 Å². The zero-order chi connectivity index (χ0) is 27.3. The molecule has 0 radical (unpaired) electrons. The van der Waals surface area contributed by atoms with Gasteiger partial charge in [-0.1, -0.05) is 6.07 Å². The number of aromatic nitrogens is 2. The summed E-state index contributed by atoms with van der Waals surface area (Å²) in [4.78, 5) is 46.1. The third-order valence-electron chi connectivity index (χ3n) is 6.78. The minimum absolute atomic E-state index is 0.0353. The number of carbonyl (C=O) groups is 1. The van der Waals surface area contributed by atoms with Crippen molar-refractivity contribution < 1.29 is 14.3 Å². The summed E-state index contributed by atoms with van der Waals surface area (Å²) in [5.41, 5.74) is 1.72. The number of carbonyl (C=O) groups excluding carboxylic acids is 1. The molecule has 2 heterocycles. The van der Waals surface area contributed by atoms with Gasteiger partial charge in [-0.15, -0.1) is 0 Å². The van der Waals surface area contributed by atoms with Gasteiger partial charge < -0.3 is 15.3 Å². The van der Waals surface area contributed by atoms with Crippen molar-refractivity contribution in [3.8, 4) is 5.69 Å². The summed E-state index contributed by atoms with van der Waals surface area (Å²) < 4.78 is 17.4. The van der Waals surface area contributed by atoms with Crippen molar-refractivity contribution in [2.75, 3.05) is 14.1 Å². The first-order chi connectivity index (χ1) is 18.1. The van der Waals surface area contributed by atoms with Crippen LogP contribution in [0.2, 0.25) is 0 Å². The van der Waals surface area contributed by atoms with E-state index in [1.165, 1.54) is 21.3 Å². The molecule has 1 saturated carbocycles. The maximum absolute atomic E-state index is 14.9. The number of halogens is 1. The number of aliphatic imine (C=N–C) groups is 1. The summed E-state index contributed by atoms with van der Waals surface area (Å²) in [5, 5.41) is 12.8. The predicted molar refractivity (Wildman–Crippen MR) is 143 cm³/mol. The zero-order valence-electron chi connectivity index (χ0n) is 21.6. The van der Waals surface area contributed by atoms with Crippen molar-refractivity contribution in [1.82, 2.24) is 19.4 Å². The van der Waals surface area contributed by atoms with Crippen LogP contribution in [0.3, 0.4) is 0 Å². The lowest BCUT2D eigenvalue weighted by Crippen LogP contribution is -2.45. The molecule has 1 aliphatic carbocycles. The predicted octanol–water partition coefficient (Wildman–Crippen LogP) is 3.58. The number of fused-ring (bicyclic) bond motifs is 1. The van der Waals surface area contributed by atoms with Gasteiger partial charge in [0.05, 0.1) is 17.6 Å². The fourth-order valence-corrected chi connectivity index (χ4v) is 4.71. The Hall–Kier alpha value is -4.47. The maximum Gasteiger partial charge on any atom is 0.336 e. The fraction of sp³-hybridized carbons (Fsp3) is 0.286. The number of nitrogens with one attached hydrogen (secondary N) is 1. The minimum atomic E-state index is -0.567. The van der Waals surface area contributed by atoms with E-state index < -0.39 is 17.1 Å². The summed E-state index contributed by atoms with van der Waals surface area (Å²) in [7, 11) is 3.35. The Morgan fingerprint density at radius 3 is 2.53 bits per heavy atom. The monoisotopic (exact) mass is 517 g/mol. The van der Waals surface area contributed by atoms with Crippen molar-refractivity contribution in [2.45, 2.75) is 39.3 Å². The van der Waals surface area contributed by atoms with Crippen molar-refractivity contribution in [3.63, 3.8) is 0 Å². The highest BCUT2D eigenvalue weighted by molar-refractivity contribution is 6.03. The third-order valence-corrected chi connectivity index (χ3v) is 6.78. The van der Waals surface area contributed by atoms with Crippen LogP contribution in [0.5, 0.6) is 0 Å². The largest absolute Gasteiger partial charge is 0.515 e. The van der Waals surface area contributed by atoms with Gasteiger partial charge in [0.15, 0.2) is 0 Å². The fourth-order valence-electron chi connectivity index (χ4n) is 4.71. The topological polar surface area (TPSA) is 109 Å². The van der Waals surface area contributed by atoms with Gasteiger partial charge in [0.25, 0.3) is 11.5 Å². The molecule has 3 aromatic rings. The number of hydrogen-bond donors (Lipinski definition) is 2. The lowest BCUT2D eigenvalue weighted by atomic mass is 10.0. The molecule has 38 heavy (non-hydrogen) atoms. The third kappa shape index (κ3) is 4.21. The van der Waals surface area contributed by atoms with E-state index in [4.69, 9.17) is 0 Å². The van der Waals surface area contributed by atoms with E-state index in [-0.39, 0.29) is 40.3 Å². The number of amidine groups is 1. The van der Waals surface area contributed by atoms with Crippen LogP contribution in [0.1, 0.15) is 58.5 Å². The van der Waals surface area contributed by atoms with E-state index in [9.17, 15) is 23.9 Å². The Kier molecular flexibility index (Phi) is 6.26. The van der Waals surface area contributed by atoms with Crippen LogP contribution in [-0.2, 0) is 6.54 Å². The first kappa shape index (κ1) is 25.2. The molecule has 5 rings (SSSR count). The highest BCUT2D eigenvalue weighted by atomic mass is 19.1. The van der Waals surface area contributed by atoms with Gasteiger partial charge in [-0.2, -0.15) is 0 Å². The van der Waals surface area contributed by atoms with Crippen molar-refractivity contribution in [1.29, 1.82) is 0 Å². The molecule has 0 spiro atoms. The molecule has 2 N–H and O–H groups in total. The van der Waals surface area contributed by atoms with Crippen molar-refractivity contribution in [3.05, 3.63) is 97.3 Å². The quantitative estimate of drug-likeness (QED) is 0.306. The summed E-state index contributed by atoms with van der Waals surface area (Å²) in [6.45, 7) is 3.65. The van der Waals surface area contributed by atoms with Crippen LogP contribution >= 0.6 is 0 Å². The van der Waals surface area contributed by atoms with Gasteiger partial charge in [0.1, 0.15) is 22.9 Å². The van der Waals surface area contributed by atoms with Crippen LogP contribution in [0, 0.1) is 12.7 Å². The van der Waals surface area contributed by atoms with Gasteiger partial charge in [-0.3, -0.25) is 18.7 Å². The molecule has 1 aliphatic heterocycles. The average Bonchev–Trinajstić information content (AvgIpc) is 3.64. The molecule has 1 fully saturated rings. The summed E-state index contributed by atoms with van der Waals surface area (Å²) in [6, 6.07) is 9.33. The smallest absolute Gasteiger partial charge is 0.336 e. The SMILES string of the molecule is C/C(=C\O)c1c(C(=Nc2ccc(C)cc2F)N(C)C)c(=O)n(C2CC2)c(=O)n1-c1ccc2c(c1)CNC2=O. The molecule has 10 heteroatoms. The standard InChI is InChI=1S/C28H28FN5O4/c1-15-5-10-22(21(29)11-15)31-25(32(3)4)23-24(16(2)14-35)33(28(38)34(27(23)37)18-6-7-18)19-8-9-20-17(12-19)13-30-26(20)36/h5,8-12,14,18,35H,6-7,13H2,1-4H3,(H,30,36)/b16-14+,31-25?. The van der Waals surface area contributed by atoms with Gasteiger partial charge >= 0.3 is 5.69 Å². The highest BCUT2D eigenvalue weighted by Crippen LogP contribution is 2.33. The zero-order valence-corrected chi connectivity index (χ0v) is 21.6. The molecular formula is C28H28FN5O4. The van der Waals surface area contributed by atoms with Crippen molar-refractivity contribution >= 4 is 23.0 Å².